The number of quaternary nitrogens is 1. The van der Waals surface area contributed by atoms with E-state index in [2.05, 4.69) is 10.6 Å². The van der Waals surface area contributed by atoms with E-state index in [1.165, 1.54) is 0 Å². The van der Waals surface area contributed by atoms with Crippen molar-refractivity contribution in [2.45, 2.75) is 13.3 Å². The van der Waals surface area contributed by atoms with Gasteiger partial charge in [-0.2, -0.15) is 0 Å². The SMILES string of the molecule is CCC[NH+](CC(=O)Nc1ccc2c(c1)OCO2)CC(=O)Nc1ccccc1OC. The number of rotatable bonds is 9. The van der Waals surface area contributed by atoms with Crippen molar-refractivity contribution in [3.63, 3.8) is 0 Å². The summed E-state index contributed by atoms with van der Waals surface area (Å²) >= 11 is 0. The molecule has 154 valence electrons. The second kappa shape index (κ2) is 9.79. The minimum atomic E-state index is -0.172. The van der Waals surface area contributed by atoms with Crippen LogP contribution in [0.25, 0.3) is 0 Å². The lowest BCUT2D eigenvalue weighted by molar-refractivity contribution is -0.883. The van der Waals surface area contributed by atoms with Crippen molar-refractivity contribution in [3.05, 3.63) is 42.5 Å². The fourth-order valence-electron chi connectivity index (χ4n) is 3.17. The van der Waals surface area contributed by atoms with Crippen molar-refractivity contribution in [1.29, 1.82) is 0 Å². The Bertz CT molecular complexity index is 871. The van der Waals surface area contributed by atoms with Crippen molar-refractivity contribution in [2.75, 3.05) is 44.2 Å². The molecule has 1 aliphatic heterocycles. The Morgan fingerprint density at radius 3 is 2.52 bits per heavy atom. The summed E-state index contributed by atoms with van der Waals surface area (Å²) in [7, 11) is 1.56. The van der Waals surface area contributed by atoms with E-state index in [-0.39, 0.29) is 31.7 Å². The van der Waals surface area contributed by atoms with Gasteiger partial charge in [-0.05, 0) is 30.7 Å². The van der Waals surface area contributed by atoms with Gasteiger partial charge in [0.1, 0.15) is 5.75 Å². The van der Waals surface area contributed by atoms with Crippen LogP contribution in [0, 0.1) is 0 Å². The third-order valence-corrected chi connectivity index (χ3v) is 4.46. The molecule has 2 aromatic rings. The highest BCUT2D eigenvalue weighted by molar-refractivity contribution is 5.94. The molecule has 1 atom stereocenters. The van der Waals surface area contributed by atoms with Crippen molar-refractivity contribution < 1.29 is 28.7 Å². The van der Waals surface area contributed by atoms with Gasteiger partial charge in [0.15, 0.2) is 24.6 Å². The molecule has 1 aliphatic rings. The average Bonchev–Trinajstić information content (AvgIpc) is 3.16. The summed E-state index contributed by atoms with van der Waals surface area (Å²) in [5, 5.41) is 5.71. The Morgan fingerprint density at radius 1 is 1.03 bits per heavy atom. The summed E-state index contributed by atoms with van der Waals surface area (Å²) in [5.74, 6) is 1.52. The number of carbonyl (C=O) groups is 2. The molecule has 1 unspecified atom stereocenters. The standard InChI is InChI=1S/C21H25N3O5/c1-3-10-24(13-21(26)23-16-6-4-5-7-17(16)27-2)12-20(25)22-15-8-9-18-19(11-15)29-14-28-18/h4-9,11H,3,10,12-14H2,1-2H3,(H,22,25)(H,23,26)/p+1. The highest BCUT2D eigenvalue weighted by atomic mass is 16.7. The number of ether oxygens (including phenoxy) is 3. The summed E-state index contributed by atoms with van der Waals surface area (Å²) in [6.07, 6.45) is 0.856. The maximum Gasteiger partial charge on any atom is 0.279 e. The van der Waals surface area contributed by atoms with Gasteiger partial charge in [0, 0.05) is 11.8 Å². The molecule has 0 saturated heterocycles. The lowest BCUT2D eigenvalue weighted by Gasteiger charge is -2.18. The quantitative estimate of drug-likeness (QED) is 0.590. The van der Waals surface area contributed by atoms with Crippen LogP contribution in [0.4, 0.5) is 11.4 Å². The van der Waals surface area contributed by atoms with Crippen LogP contribution in [0.1, 0.15) is 13.3 Å². The van der Waals surface area contributed by atoms with E-state index in [1.807, 2.05) is 19.1 Å². The molecule has 0 bridgehead atoms. The highest BCUT2D eigenvalue weighted by Gasteiger charge is 2.20. The van der Waals surface area contributed by atoms with Crippen LogP contribution < -0.4 is 29.7 Å². The van der Waals surface area contributed by atoms with E-state index in [9.17, 15) is 9.59 Å². The van der Waals surface area contributed by atoms with Crippen molar-refractivity contribution in [3.8, 4) is 17.2 Å². The van der Waals surface area contributed by atoms with Gasteiger partial charge < -0.3 is 29.7 Å². The first kappa shape index (κ1) is 20.5. The Kier molecular flexibility index (Phi) is 6.91. The van der Waals surface area contributed by atoms with E-state index >= 15 is 0 Å². The summed E-state index contributed by atoms with van der Waals surface area (Å²) in [6.45, 7) is 3.27. The second-order valence-electron chi connectivity index (χ2n) is 6.72. The monoisotopic (exact) mass is 400 g/mol. The Labute approximate surface area is 169 Å². The molecule has 0 radical (unpaired) electrons. The maximum absolute atomic E-state index is 12.5. The fraction of sp³-hybridized carbons (Fsp3) is 0.333. The molecule has 29 heavy (non-hydrogen) atoms. The van der Waals surface area contributed by atoms with Crippen LogP contribution in [0.15, 0.2) is 42.5 Å². The van der Waals surface area contributed by atoms with E-state index in [4.69, 9.17) is 14.2 Å². The number of anilines is 2. The van der Waals surface area contributed by atoms with Crippen molar-refractivity contribution in [2.24, 2.45) is 0 Å². The van der Waals surface area contributed by atoms with E-state index in [0.717, 1.165) is 11.3 Å². The molecular formula is C21H26N3O5+. The van der Waals surface area contributed by atoms with Crippen LogP contribution >= 0.6 is 0 Å². The predicted molar refractivity (Wildman–Crippen MR) is 109 cm³/mol. The first-order valence-electron chi connectivity index (χ1n) is 9.55. The maximum atomic E-state index is 12.5. The molecule has 8 heteroatoms. The number of para-hydroxylation sites is 2. The Balaban J connectivity index is 1.56. The third kappa shape index (κ3) is 5.61. The van der Waals surface area contributed by atoms with Gasteiger partial charge in [0.2, 0.25) is 6.79 Å². The second-order valence-corrected chi connectivity index (χ2v) is 6.72. The number of hydrogen-bond donors (Lipinski definition) is 3. The largest absolute Gasteiger partial charge is 0.495 e. The lowest BCUT2D eigenvalue weighted by atomic mass is 10.2. The zero-order valence-corrected chi connectivity index (χ0v) is 16.6. The molecule has 0 fully saturated rings. The number of nitrogens with one attached hydrogen (secondary N) is 3. The molecule has 8 nitrogen and oxygen atoms in total. The van der Waals surface area contributed by atoms with Crippen molar-refractivity contribution >= 4 is 23.2 Å². The number of hydrogen-bond acceptors (Lipinski definition) is 5. The number of fused-ring (bicyclic) bond motifs is 1. The van der Waals surface area contributed by atoms with E-state index in [1.54, 1.807) is 37.4 Å². The lowest BCUT2D eigenvalue weighted by Crippen LogP contribution is -3.14. The molecule has 2 amide bonds. The first-order valence-corrected chi connectivity index (χ1v) is 9.55. The highest BCUT2D eigenvalue weighted by Crippen LogP contribution is 2.34. The van der Waals surface area contributed by atoms with E-state index < -0.39 is 0 Å². The number of methoxy groups -OCH3 is 1. The van der Waals surface area contributed by atoms with Gasteiger partial charge in [-0.15, -0.1) is 0 Å². The number of amides is 2. The summed E-state index contributed by atoms with van der Waals surface area (Å²) in [6, 6.07) is 12.5. The molecule has 0 aromatic heterocycles. The van der Waals surface area contributed by atoms with Crippen LogP contribution in [0.2, 0.25) is 0 Å². The molecule has 3 N–H and O–H groups in total. The van der Waals surface area contributed by atoms with Gasteiger partial charge in [-0.3, -0.25) is 9.59 Å². The molecule has 1 heterocycles. The minimum Gasteiger partial charge on any atom is -0.495 e. The smallest absolute Gasteiger partial charge is 0.279 e. The van der Waals surface area contributed by atoms with Gasteiger partial charge in [0.05, 0.1) is 19.3 Å². The molecule has 2 aromatic carbocycles. The summed E-state index contributed by atoms with van der Waals surface area (Å²) in [5.41, 5.74) is 1.24. The van der Waals surface area contributed by atoms with Crippen LogP contribution in [0.3, 0.4) is 0 Å². The topological polar surface area (TPSA) is 90.3 Å². The molecule has 0 aliphatic carbocycles. The summed E-state index contributed by atoms with van der Waals surface area (Å²) < 4.78 is 15.9. The molecule has 0 saturated carbocycles. The van der Waals surface area contributed by atoms with Gasteiger partial charge in [0.25, 0.3) is 11.8 Å². The molecular weight excluding hydrogens is 374 g/mol. The van der Waals surface area contributed by atoms with Crippen LogP contribution in [-0.4, -0.2) is 45.4 Å². The predicted octanol–water partition coefficient (Wildman–Crippen LogP) is 1.30. The first-order chi connectivity index (χ1) is 14.1. The molecule has 0 spiro atoms. The average molecular weight is 400 g/mol. The minimum absolute atomic E-state index is 0.169. The zero-order chi connectivity index (χ0) is 20.6. The zero-order valence-electron chi connectivity index (χ0n) is 16.6. The van der Waals surface area contributed by atoms with Gasteiger partial charge in [-0.25, -0.2) is 0 Å². The van der Waals surface area contributed by atoms with Gasteiger partial charge >= 0.3 is 0 Å². The summed E-state index contributed by atoms with van der Waals surface area (Å²) in [4.78, 5) is 25.8. The Morgan fingerprint density at radius 2 is 1.76 bits per heavy atom. The van der Waals surface area contributed by atoms with Gasteiger partial charge in [-0.1, -0.05) is 19.1 Å². The van der Waals surface area contributed by atoms with Crippen molar-refractivity contribution in [1.82, 2.24) is 0 Å². The number of benzene rings is 2. The van der Waals surface area contributed by atoms with Crippen LogP contribution in [-0.2, 0) is 9.59 Å². The van der Waals surface area contributed by atoms with E-state index in [0.29, 0.717) is 35.2 Å². The number of carbonyl (C=O) groups excluding carboxylic acids is 2. The normalized spacial score (nSPS) is 12.9. The fourth-order valence-corrected chi connectivity index (χ4v) is 3.17. The molecule has 3 rings (SSSR count). The third-order valence-electron chi connectivity index (χ3n) is 4.46. The Hall–Kier alpha value is -3.26. The van der Waals surface area contributed by atoms with Crippen LogP contribution in [0.5, 0.6) is 17.2 Å².